The highest BCUT2D eigenvalue weighted by Gasteiger charge is 2.43. The van der Waals surface area contributed by atoms with Gasteiger partial charge in [-0.05, 0) is 86.2 Å². The van der Waals surface area contributed by atoms with Crippen molar-refractivity contribution in [3.05, 3.63) is 107 Å². The van der Waals surface area contributed by atoms with Crippen LogP contribution in [0.15, 0.2) is 79.0 Å². The van der Waals surface area contributed by atoms with E-state index in [4.69, 9.17) is 17.0 Å². The second-order valence-corrected chi connectivity index (χ2v) is 10.1. The number of ether oxygens (including phenoxy) is 1. The van der Waals surface area contributed by atoms with Crippen LogP contribution in [0.25, 0.3) is 5.69 Å². The Morgan fingerprint density at radius 2 is 1.78 bits per heavy atom. The van der Waals surface area contributed by atoms with Gasteiger partial charge in [0, 0.05) is 36.1 Å². The molecule has 2 aromatic carbocycles. The third kappa shape index (κ3) is 5.55. The maximum atomic E-state index is 14.0. The number of aromatic nitrogens is 2. The van der Waals surface area contributed by atoms with E-state index in [9.17, 15) is 18.0 Å². The Hall–Kier alpha value is -4.22. The van der Waals surface area contributed by atoms with Gasteiger partial charge in [0.1, 0.15) is 6.61 Å². The van der Waals surface area contributed by atoms with Gasteiger partial charge in [-0.2, -0.15) is 13.2 Å². The zero-order chi connectivity index (χ0) is 29.3. The Kier molecular flexibility index (Phi) is 7.83. The number of methoxy groups -OCH3 is 1. The molecule has 0 unspecified atom stereocenters. The summed E-state index contributed by atoms with van der Waals surface area (Å²) in [7, 11) is 1.45. The van der Waals surface area contributed by atoms with Crippen molar-refractivity contribution in [2.45, 2.75) is 32.1 Å². The van der Waals surface area contributed by atoms with Crippen LogP contribution >= 0.6 is 12.2 Å². The van der Waals surface area contributed by atoms with Gasteiger partial charge in [-0.15, -0.1) is 0 Å². The number of aryl methyl sites for hydroxylation is 1. The van der Waals surface area contributed by atoms with Crippen LogP contribution in [0, 0.1) is 13.8 Å². The predicted octanol–water partition coefficient (Wildman–Crippen LogP) is 6.27. The summed E-state index contributed by atoms with van der Waals surface area (Å²) < 4.78 is 48.5. The van der Waals surface area contributed by atoms with E-state index < -0.39 is 17.8 Å². The lowest BCUT2D eigenvalue weighted by Crippen LogP contribution is -2.29. The highest BCUT2D eigenvalue weighted by molar-refractivity contribution is 7.80. The number of hydrogen-bond acceptors (Lipinski definition) is 4. The number of nitrogens with one attached hydrogen (secondary N) is 2. The van der Waals surface area contributed by atoms with Crippen molar-refractivity contribution in [1.29, 1.82) is 0 Å². The van der Waals surface area contributed by atoms with Crippen LogP contribution in [0.5, 0.6) is 0 Å². The molecule has 2 aromatic heterocycles. The second kappa shape index (κ2) is 11.3. The lowest BCUT2D eigenvalue weighted by Gasteiger charge is -2.28. The molecular formula is C30H28F3N5O2S. The fraction of sp³-hybridized carbons (Fsp3) is 0.233. The standard InChI is InChI=1S/C30H28F3N5O2S/c1-18-16-22(19(2)37(18)25-10-5-4-8-23(25)30(31,32)33)28-27(24-9-6-7-15-34-24)36-29(41)38(28)21-13-11-20(12-14-21)35-26(39)17-40-3/h4-16,27-28H,17H2,1-3H3,(H,35,39)(H,36,41)/t27-,28-/m1/s1. The molecule has 7 nitrogen and oxygen atoms in total. The van der Waals surface area contributed by atoms with Crippen molar-refractivity contribution >= 4 is 34.6 Å². The molecule has 2 N–H and O–H groups in total. The first-order valence-corrected chi connectivity index (χ1v) is 13.3. The number of nitrogens with zero attached hydrogens (tertiary/aromatic N) is 3. The van der Waals surface area contributed by atoms with Crippen molar-refractivity contribution in [2.75, 3.05) is 23.9 Å². The molecule has 0 saturated carbocycles. The van der Waals surface area contributed by atoms with Crippen LogP contribution in [-0.2, 0) is 15.7 Å². The van der Waals surface area contributed by atoms with E-state index in [1.807, 2.05) is 48.2 Å². The number of benzene rings is 2. The van der Waals surface area contributed by atoms with Crippen molar-refractivity contribution < 1.29 is 22.7 Å². The van der Waals surface area contributed by atoms with Gasteiger partial charge in [0.25, 0.3) is 0 Å². The normalized spacial score (nSPS) is 17.0. The smallest absolute Gasteiger partial charge is 0.375 e. The zero-order valence-electron chi connectivity index (χ0n) is 22.6. The SMILES string of the molecule is COCC(=O)Nc1ccc(N2C(=S)N[C@H](c3ccccn3)[C@H]2c2cc(C)n(-c3ccccc3C(F)(F)F)c2C)cc1. The van der Waals surface area contributed by atoms with Crippen LogP contribution < -0.4 is 15.5 Å². The molecule has 212 valence electrons. The number of carbonyl (C=O) groups excluding carboxylic acids is 1. The molecule has 0 aliphatic carbocycles. The summed E-state index contributed by atoms with van der Waals surface area (Å²) in [5.41, 5.74) is 3.55. The second-order valence-electron chi connectivity index (χ2n) is 9.70. The molecule has 1 saturated heterocycles. The quantitative estimate of drug-likeness (QED) is 0.252. The maximum absolute atomic E-state index is 14.0. The molecule has 3 heterocycles. The number of halogens is 3. The Morgan fingerprint density at radius 1 is 1.07 bits per heavy atom. The number of rotatable bonds is 7. The number of anilines is 2. The minimum absolute atomic E-state index is 0.0619. The molecular weight excluding hydrogens is 551 g/mol. The Morgan fingerprint density at radius 3 is 2.44 bits per heavy atom. The summed E-state index contributed by atoms with van der Waals surface area (Å²) in [4.78, 5) is 18.5. The van der Waals surface area contributed by atoms with E-state index in [2.05, 4.69) is 15.6 Å². The molecule has 1 amide bonds. The lowest BCUT2D eigenvalue weighted by atomic mass is 9.96. The first-order chi connectivity index (χ1) is 19.6. The topological polar surface area (TPSA) is 71.4 Å². The average molecular weight is 580 g/mol. The summed E-state index contributed by atoms with van der Waals surface area (Å²) in [6, 6.07) is 19.5. The minimum Gasteiger partial charge on any atom is -0.375 e. The number of hydrogen-bond donors (Lipinski definition) is 2. The number of carbonyl (C=O) groups is 1. The van der Waals surface area contributed by atoms with E-state index >= 15 is 0 Å². The third-order valence-electron chi connectivity index (χ3n) is 7.04. The molecule has 41 heavy (non-hydrogen) atoms. The van der Waals surface area contributed by atoms with Gasteiger partial charge in [-0.1, -0.05) is 18.2 Å². The fourth-order valence-corrected chi connectivity index (χ4v) is 5.69. The van der Waals surface area contributed by atoms with Crippen LogP contribution in [0.3, 0.4) is 0 Å². The summed E-state index contributed by atoms with van der Waals surface area (Å²) in [5.74, 6) is -0.279. The Balaban J connectivity index is 1.61. The van der Waals surface area contributed by atoms with Crippen molar-refractivity contribution in [1.82, 2.24) is 14.9 Å². The first kappa shape index (κ1) is 28.3. The monoisotopic (exact) mass is 579 g/mol. The van der Waals surface area contributed by atoms with Gasteiger partial charge in [0.05, 0.1) is 29.0 Å². The summed E-state index contributed by atoms with van der Waals surface area (Å²) in [6.07, 6.45) is -2.82. The van der Waals surface area contributed by atoms with E-state index in [0.29, 0.717) is 22.2 Å². The highest BCUT2D eigenvalue weighted by Crippen LogP contribution is 2.44. The molecule has 0 radical (unpaired) electrons. The van der Waals surface area contributed by atoms with E-state index in [0.717, 1.165) is 23.0 Å². The molecule has 0 spiro atoms. The zero-order valence-corrected chi connectivity index (χ0v) is 23.4. The Bertz CT molecular complexity index is 1570. The summed E-state index contributed by atoms with van der Waals surface area (Å²) in [5, 5.41) is 6.60. The molecule has 4 aromatic rings. The van der Waals surface area contributed by atoms with Gasteiger partial charge in [0.15, 0.2) is 5.11 Å². The Labute approximate surface area is 241 Å². The predicted molar refractivity (Wildman–Crippen MR) is 155 cm³/mol. The van der Waals surface area contributed by atoms with Gasteiger partial charge < -0.3 is 24.8 Å². The van der Waals surface area contributed by atoms with Crippen molar-refractivity contribution in [3.63, 3.8) is 0 Å². The molecule has 0 bridgehead atoms. The summed E-state index contributed by atoms with van der Waals surface area (Å²) in [6.45, 7) is 3.55. The number of thiocarbonyl (C=S) groups is 1. The minimum atomic E-state index is -4.51. The van der Waals surface area contributed by atoms with E-state index in [1.54, 1.807) is 35.9 Å². The number of amides is 1. The van der Waals surface area contributed by atoms with Gasteiger partial charge in [0.2, 0.25) is 5.91 Å². The molecule has 2 atom stereocenters. The van der Waals surface area contributed by atoms with E-state index in [-0.39, 0.29) is 24.2 Å². The number of para-hydroxylation sites is 1. The van der Waals surface area contributed by atoms with Crippen LogP contribution in [0.4, 0.5) is 24.5 Å². The first-order valence-electron chi connectivity index (χ1n) is 12.8. The lowest BCUT2D eigenvalue weighted by molar-refractivity contribution is -0.137. The maximum Gasteiger partial charge on any atom is 0.418 e. The number of pyridine rings is 1. The van der Waals surface area contributed by atoms with Gasteiger partial charge >= 0.3 is 6.18 Å². The van der Waals surface area contributed by atoms with Gasteiger partial charge in [-0.25, -0.2) is 0 Å². The third-order valence-corrected chi connectivity index (χ3v) is 7.36. The van der Waals surface area contributed by atoms with Crippen LogP contribution in [0.1, 0.15) is 40.3 Å². The van der Waals surface area contributed by atoms with E-state index in [1.165, 1.54) is 19.2 Å². The summed E-state index contributed by atoms with van der Waals surface area (Å²) >= 11 is 5.81. The highest BCUT2D eigenvalue weighted by atomic mass is 32.1. The molecule has 1 aliphatic heterocycles. The number of alkyl halides is 3. The van der Waals surface area contributed by atoms with Crippen LogP contribution in [-0.4, -0.2) is 34.3 Å². The largest absolute Gasteiger partial charge is 0.418 e. The molecule has 1 fully saturated rings. The van der Waals surface area contributed by atoms with Crippen molar-refractivity contribution in [2.24, 2.45) is 0 Å². The molecule has 5 rings (SSSR count). The van der Waals surface area contributed by atoms with Crippen molar-refractivity contribution in [3.8, 4) is 5.69 Å². The molecule has 1 aliphatic rings. The van der Waals surface area contributed by atoms with Crippen LogP contribution in [0.2, 0.25) is 0 Å². The average Bonchev–Trinajstić information content (AvgIpc) is 3.44. The fourth-order valence-electron chi connectivity index (χ4n) is 5.35. The van der Waals surface area contributed by atoms with Gasteiger partial charge in [-0.3, -0.25) is 9.78 Å². The molecule has 11 heteroatoms.